The molecule has 0 saturated carbocycles. The van der Waals surface area contributed by atoms with Crippen molar-refractivity contribution >= 4 is 23.1 Å². The van der Waals surface area contributed by atoms with Crippen molar-refractivity contribution in [1.82, 2.24) is 9.78 Å². The van der Waals surface area contributed by atoms with Crippen LogP contribution in [0.25, 0.3) is 10.6 Å². The van der Waals surface area contributed by atoms with Gasteiger partial charge in [-0.3, -0.25) is 4.79 Å². The van der Waals surface area contributed by atoms with Crippen LogP contribution in [0.15, 0.2) is 23.6 Å². The molecule has 0 radical (unpaired) electrons. The van der Waals surface area contributed by atoms with E-state index in [1.807, 2.05) is 35.2 Å². The molecule has 1 aliphatic rings. The van der Waals surface area contributed by atoms with E-state index in [0.29, 0.717) is 19.7 Å². The number of anilines is 1. The van der Waals surface area contributed by atoms with Gasteiger partial charge in [0.15, 0.2) is 0 Å². The molecule has 1 N–H and O–H groups in total. The first-order valence-corrected chi connectivity index (χ1v) is 7.18. The fourth-order valence-electron chi connectivity index (χ4n) is 2.16. The highest BCUT2D eigenvalue weighted by molar-refractivity contribution is 7.13. The molecule has 0 amide bonds. The van der Waals surface area contributed by atoms with E-state index < -0.39 is 0 Å². The highest BCUT2D eigenvalue weighted by atomic mass is 32.1. The molecule has 1 aliphatic heterocycles. The van der Waals surface area contributed by atoms with Crippen LogP contribution in [0, 0.1) is 5.92 Å². The van der Waals surface area contributed by atoms with Crippen LogP contribution in [0.1, 0.15) is 6.92 Å². The molecule has 0 fully saturated rings. The monoisotopic (exact) mass is 277 g/mol. The highest BCUT2D eigenvalue weighted by Crippen LogP contribution is 2.28. The summed E-state index contributed by atoms with van der Waals surface area (Å²) < 4.78 is 6.90. The standard InChI is InChI=1S/C13H15N3O2S/c1-2-18-13(17)9-7-14-12-6-10(15-16(12)8-9)11-4-3-5-19-11/h3-6,9,14H,2,7-8H2,1H3. The number of aromatic nitrogens is 2. The van der Waals surface area contributed by atoms with Crippen molar-refractivity contribution in [3.05, 3.63) is 23.6 Å². The first-order chi connectivity index (χ1) is 9.28. The number of esters is 1. The second kappa shape index (κ2) is 5.05. The second-order valence-corrected chi connectivity index (χ2v) is 5.35. The van der Waals surface area contributed by atoms with Crippen LogP contribution < -0.4 is 5.32 Å². The molecule has 0 saturated heterocycles. The zero-order chi connectivity index (χ0) is 13.2. The van der Waals surface area contributed by atoms with E-state index in [-0.39, 0.29) is 11.9 Å². The Labute approximate surface area is 115 Å². The van der Waals surface area contributed by atoms with E-state index in [0.717, 1.165) is 16.4 Å². The minimum Gasteiger partial charge on any atom is -0.466 e. The van der Waals surface area contributed by atoms with E-state index in [9.17, 15) is 4.79 Å². The molecule has 0 aliphatic carbocycles. The average Bonchev–Trinajstić information content (AvgIpc) is 3.07. The maximum atomic E-state index is 11.7. The highest BCUT2D eigenvalue weighted by Gasteiger charge is 2.26. The van der Waals surface area contributed by atoms with Gasteiger partial charge in [-0.15, -0.1) is 11.3 Å². The third kappa shape index (κ3) is 2.35. The Kier molecular flexibility index (Phi) is 3.25. The molecule has 6 heteroatoms. The molecule has 3 rings (SSSR count). The molecule has 2 aromatic heterocycles. The molecule has 3 heterocycles. The normalized spacial score (nSPS) is 17.6. The van der Waals surface area contributed by atoms with Crippen molar-refractivity contribution in [1.29, 1.82) is 0 Å². The molecule has 1 unspecified atom stereocenters. The first kappa shape index (κ1) is 12.2. The van der Waals surface area contributed by atoms with Crippen LogP contribution in [0.3, 0.4) is 0 Å². The van der Waals surface area contributed by atoms with Gasteiger partial charge in [0.05, 0.1) is 23.9 Å². The van der Waals surface area contributed by atoms with Crippen LogP contribution in [-0.2, 0) is 16.1 Å². The minimum atomic E-state index is -0.163. The summed E-state index contributed by atoms with van der Waals surface area (Å²) >= 11 is 1.66. The summed E-state index contributed by atoms with van der Waals surface area (Å²) in [6.07, 6.45) is 0. The molecule has 100 valence electrons. The van der Waals surface area contributed by atoms with E-state index in [4.69, 9.17) is 4.74 Å². The number of rotatable bonds is 3. The molecule has 19 heavy (non-hydrogen) atoms. The van der Waals surface area contributed by atoms with Gasteiger partial charge >= 0.3 is 5.97 Å². The fraction of sp³-hybridized carbons (Fsp3) is 0.385. The number of hydrogen-bond donors (Lipinski definition) is 1. The molecule has 0 aromatic carbocycles. The summed E-state index contributed by atoms with van der Waals surface area (Å²) in [5.74, 6) is 0.640. The smallest absolute Gasteiger partial charge is 0.312 e. The van der Waals surface area contributed by atoms with Gasteiger partial charge in [-0.25, -0.2) is 4.68 Å². The van der Waals surface area contributed by atoms with Crippen LogP contribution in [0.2, 0.25) is 0 Å². The molecule has 5 nitrogen and oxygen atoms in total. The van der Waals surface area contributed by atoms with Gasteiger partial charge < -0.3 is 10.1 Å². The Morgan fingerprint density at radius 1 is 1.68 bits per heavy atom. The summed E-state index contributed by atoms with van der Waals surface area (Å²) in [7, 11) is 0. The van der Waals surface area contributed by atoms with E-state index in [1.165, 1.54) is 0 Å². The van der Waals surface area contributed by atoms with Gasteiger partial charge in [0.2, 0.25) is 0 Å². The number of ether oxygens (including phenoxy) is 1. The molecular formula is C13H15N3O2S. The number of hydrogen-bond acceptors (Lipinski definition) is 5. The second-order valence-electron chi connectivity index (χ2n) is 4.40. The molecule has 0 spiro atoms. The number of nitrogens with zero attached hydrogens (tertiary/aromatic N) is 2. The Bertz CT molecular complexity index is 577. The maximum Gasteiger partial charge on any atom is 0.312 e. The van der Waals surface area contributed by atoms with Gasteiger partial charge in [0.1, 0.15) is 11.5 Å². The fourth-order valence-corrected chi connectivity index (χ4v) is 2.84. The van der Waals surface area contributed by atoms with E-state index in [1.54, 1.807) is 11.3 Å². The van der Waals surface area contributed by atoms with Crippen molar-refractivity contribution in [2.45, 2.75) is 13.5 Å². The van der Waals surface area contributed by atoms with Crippen LogP contribution in [0.4, 0.5) is 5.82 Å². The lowest BCUT2D eigenvalue weighted by molar-refractivity contribution is -0.148. The van der Waals surface area contributed by atoms with E-state index in [2.05, 4.69) is 10.4 Å². The van der Waals surface area contributed by atoms with Crippen molar-refractivity contribution in [2.24, 2.45) is 5.92 Å². The van der Waals surface area contributed by atoms with E-state index >= 15 is 0 Å². The van der Waals surface area contributed by atoms with Gasteiger partial charge in [-0.2, -0.15) is 5.10 Å². The third-order valence-electron chi connectivity index (χ3n) is 3.10. The van der Waals surface area contributed by atoms with Crippen molar-refractivity contribution in [3.63, 3.8) is 0 Å². The average molecular weight is 277 g/mol. The summed E-state index contributed by atoms with van der Waals surface area (Å²) in [6.45, 7) is 3.42. The predicted molar refractivity (Wildman–Crippen MR) is 74.2 cm³/mol. The largest absolute Gasteiger partial charge is 0.466 e. The van der Waals surface area contributed by atoms with Crippen molar-refractivity contribution in [3.8, 4) is 10.6 Å². The third-order valence-corrected chi connectivity index (χ3v) is 3.99. The summed E-state index contributed by atoms with van der Waals surface area (Å²) in [5, 5.41) is 9.81. The molecule has 2 aromatic rings. The Balaban J connectivity index is 1.80. The zero-order valence-electron chi connectivity index (χ0n) is 10.6. The number of carbonyl (C=O) groups is 1. The summed E-state index contributed by atoms with van der Waals surface area (Å²) in [4.78, 5) is 12.9. The number of carbonyl (C=O) groups excluding carboxylic acids is 1. The quantitative estimate of drug-likeness (QED) is 0.874. The summed E-state index contributed by atoms with van der Waals surface area (Å²) in [5.41, 5.74) is 0.946. The Morgan fingerprint density at radius 2 is 2.58 bits per heavy atom. The Morgan fingerprint density at radius 3 is 3.32 bits per heavy atom. The lowest BCUT2D eigenvalue weighted by Crippen LogP contribution is -2.34. The topological polar surface area (TPSA) is 56.1 Å². The van der Waals surface area contributed by atoms with Gasteiger partial charge in [-0.05, 0) is 18.4 Å². The Hall–Kier alpha value is -1.82. The van der Waals surface area contributed by atoms with Crippen molar-refractivity contribution < 1.29 is 9.53 Å². The lowest BCUT2D eigenvalue weighted by Gasteiger charge is -2.23. The lowest BCUT2D eigenvalue weighted by atomic mass is 10.1. The zero-order valence-corrected chi connectivity index (χ0v) is 11.4. The van der Waals surface area contributed by atoms with Gasteiger partial charge in [-0.1, -0.05) is 6.07 Å². The summed E-state index contributed by atoms with van der Waals surface area (Å²) in [6, 6.07) is 6.07. The van der Waals surface area contributed by atoms with Crippen LogP contribution in [-0.4, -0.2) is 28.9 Å². The first-order valence-electron chi connectivity index (χ1n) is 6.30. The SMILES string of the molecule is CCOC(=O)C1CNc2cc(-c3cccs3)nn2C1. The molecule has 1 atom stereocenters. The maximum absolute atomic E-state index is 11.7. The predicted octanol–water partition coefficient (Wildman–Crippen LogP) is 2.22. The van der Waals surface area contributed by atoms with Crippen LogP contribution in [0.5, 0.6) is 0 Å². The van der Waals surface area contributed by atoms with Gasteiger partial charge in [0, 0.05) is 12.6 Å². The molecule has 0 bridgehead atoms. The number of nitrogens with one attached hydrogen (secondary N) is 1. The minimum absolute atomic E-state index is 0.158. The van der Waals surface area contributed by atoms with Gasteiger partial charge in [0.25, 0.3) is 0 Å². The van der Waals surface area contributed by atoms with Crippen LogP contribution >= 0.6 is 11.3 Å². The number of fused-ring (bicyclic) bond motifs is 1. The number of thiophene rings is 1. The molecular weight excluding hydrogens is 262 g/mol. The van der Waals surface area contributed by atoms with Crippen molar-refractivity contribution in [2.75, 3.05) is 18.5 Å².